The molecule has 0 aromatic carbocycles. The minimum atomic E-state index is -1.46. The Hall–Kier alpha value is -0.250. The van der Waals surface area contributed by atoms with Gasteiger partial charge in [0.1, 0.15) is 0 Å². The van der Waals surface area contributed by atoms with Crippen molar-refractivity contribution in [2.45, 2.75) is 53.3 Å². The van der Waals surface area contributed by atoms with E-state index in [-0.39, 0.29) is 29.4 Å². The molecule has 0 bridgehead atoms. The third-order valence-electron chi connectivity index (χ3n) is 1.61. The first-order valence-corrected chi connectivity index (χ1v) is 4.85. The molecule has 0 fully saturated rings. The van der Waals surface area contributed by atoms with Gasteiger partial charge < -0.3 is 4.74 Å². The van der Waals surface area contributed by atoms with Crippen molar-refractivity contribution in [2.75, 3.05) is 0 Å². The van der Waals surface area contributed by atoms with E-state index in [1.807, 2.05) is 27.7 Å². The summed E-state index contributed by atoms with van der Waals surface area (Å²) in [5.74, 6) is 0.391. The SMILES string of the molecule is CC(C)CC(F)OC(F)CC(C)C.F. The number of alkyl halides is 2. The van der Waals surface area contributed by atoms with E-state index < -0.39 is 12.7 Å². The van der Waals surface area contributed by atoms with Crippen molar-refractivity contribution in [2.24, 2.45) is 11.8 Å². The molecule has 0 spiro atoms. The van der Waals surface area contributed by atoms with Crippen LogP contribution in [-0.2, 0) is 4.74 Å². The van der Waals surface area contributed by atoms with Gasteiger partial charge in [0.15, 0.2) is 0 Å². The summed E-state index contributed by atoms with van der Waals surface area (Å²) in [6.07, 6.45) is -2.40. The summed E-state index contributed by atoms with van der Waals surface area (Å²) in [4.78, 5) is 0. The third kappa shape index (κ3) is 9.84. The smallest absolute Gasteiger partial charge is 0.202 e. The van der Waals surface area contributed by atoms with Crippen LogP contribution in [0, 0.1) is 11.8 Å². The van der Waals surface area contributed by atoms with Crippen LogP contribution in [0.5, 0.6) is 0 Å². The van der Waals surface area contributed by atoms with E-state index in [1.54, 1.807) is 0 Å². The Labute approximate surface area is 84.2 Å². The van der Waals surface area contributed by atoms with Crippen molar-refractivity contribution in [1.82, 2.24) is 0 Å². The fraction of sp³-hybridized carbons (Fsp3) is 1.00. The summed E-state index contributed by atoms with van der Waals surface area (Å²) in [6.45, 7) is 7.52. The molecule has 1 nitrogen and oxygen atoms in total. The molecular formula is C10H21F3O. The molecule has 4 heteroatoms. The predicted octanol–water partition coefficient (Wildman–Crippen LogP) is 3.84. The minimum Gasteiger partial charge on any atom is -0.314 e. The second-order valence-electron chi connectivity index (χ2n) is 4.22. The number of halogens is 3. The first kappa shape index (κ1) is 16.2. The Morgan fingerprint density at radius 1 is 0.857 bits per heavy atom. The topological polar surface area (TPSA) is 9.23 Å². The highest BCUT2D eigenvalue weighted by Gasteiger charge is 2.16. The van der Waals surface area contributed by atoms with E-state index in [1.165, 1.54) is 0 Å². The van der Waals surface area contributed by atoms with Crippen molar-refractivity contribution < 1.29 is 18.2 Å². The molecule has 0 saturated heterocycles. The molecule has 0 aromatic rings. The molecule has 0 amide bonds. The standard InChI is InChI=1S/C10H20F2O.FH/c1-7(2)5-9(11)13-10(12)6-8(3)4;/h7-10H,5-6H2,1-4H3;1H. The predicted molar refractivity (Wildman–Crippen MR) is 52.3 cm³/mol. The second kappa shape index (κ2) is 8.09. The lowest BCUT2D eigenvalue weighted by Crippen LogP contribution is -2.18. The first-order valence-electron chi connectivity index (χ1n) is 4.85. The van der Waals surface area contributed by atoms with Crippen LogP contribution in [0.2, 0.25) is 0 Å². The highest BCUT2D eigenvalue weighted by molar-refractivity contribution is 4.53. The maximum atomic E-state index is 12.9. The molecular weight excluding hydrogens is 193 g/mol. The Morgan fingerprint density at radius 3 is 1.36 bits per heavy atom. The molecule has 88 valence electrons. The maximum absolute atomic E-state index is 12.9. The van der Waals surface area contributed by atoms with E-state index in [0.29, 0.717) is 0 Å². The summed E-state index contributed by atoms with van der Waals surface area (Å²) < 4.78 is 30.3. The van der Waals surface area contributed by atoms with Gasteiger partial charge in [0.2, 0.25) is 12.7 Å². The van der Waals surface area contributed by atoms with Gasteiger partial charge >= 0.3 is 0 Å². The van der Waals surface area contributed by atoms with E-state index in [0.717, 1.165) is 0 Å². The molecule has 0 aromatic heterocycles. The zero-order valence-corrected chi connectivity index (χ0v) is 9.30. The van der Waals surface area contributed by atoms with Crippen LogP contribution < -0.4 is 0 Å². The molecule has 0 aliphatic rings. The van der Waals surface area contributed by atoms with Gasteiger partial charge in [-0.3, -0.25) is 4.70 Å². The summed E-state index contributed by atoms with van der Waals surface area (Å²) in [5, 5.41) is 0. The van der Waals surface area contributed by atoms with Gasteiger partial charge in [-0.15, -0.1) is 0 Å². The number of hydrogen-bond acceptors (Lipinski definition) is 1. The molecule has 14 heavy (non-hydrogen) atoms. The second-order valence-corrected chi connectivity index (χ2v) is 4.22. The molecule has 0 N–H and O–H groups in total. The zero-order valence-electron chi connectivity index (χ0n) is 9.30. The van der Waals surface area contributed by atoms with Gasteiger partial charge in [0, 0.05) is 12.8 Å². The van der Waals surface area contributed by atoms with Crippen molar-refractivity contribution >= 4 is 0 Å². The van der Waals surface area contributed by atoms with E-state index in [2.05, 4.69) is 4.74 Å². The van der Waals surface area contributed by atoms with Crippen molar-refractivity contribution in [3.8, 4) is 0 Å². The maximum Gasteiger partial charge on any atom is 0.202 e. The summed E-state index contributed by atoms with van der Waals surface area (Å²) in [7, 11) is 0. The summed E-state index contributed by atoms with van der Waals surface area (Å²) in [6, 6.07) is 0. The van der Waals surface area contributed by atoms with Crippen molar-refractivity contribution in [1.29, 1.82) is 0 Å². The highest BCUT2D eigenvalue weighted by Crippen LogP contribution is 2.16. The van der Waals surface area contributed by atoms with Crippen molar-refractivity contribution in [3.63, 3.8) is 0 Å². The van der Waals surface area contributed by atoms with Crippen LogP contribution in [0.15, 0.2) is 0 Å². The molecule has 2 unspecified atom stereocenters. The zero-order chi connectivity index (χ0) is 10.4. The third-order valence-corrected chi connectivity index (χ3v) is 1.61. The average molecular weight is 214 g/mol. The largest absolute Gasteiger partial charge is 0.314 e. The molecule has 0 heterocycles. The minimum absolute atomic E-state index is 0. The van der Waals surface area contributed by atoms with E-state index in [4.69, 9.17) is 0 Å². The van der Waals surface area contributed by atoms with Crippen LogP contribution in [0.3, 0.4) is 0 Å². The first-order chi connectivity index (χ1) is 5.91. The van der Waals surface area contributed by atoms with Gasteiger partial charge in [0.25, 0.3) is 0 Å². The molecule has 0 aliphatic heterocycles. The average Bonchev–Trinajstić information content (AvgIpc) is 1.80. The van der Waals surface area contributed by atoms with Crippen LogP contribution >= 0.6 is 0 Å². The summed E-state index contributed by atoms with van der Waals surface area (Å²) >= 11 is 0. The Morgan fingerprint density at radius 2 is 1.14 bits per heavy atom. The fourth-order valence-electron chi connectivity index (χ4n) is 1.01. The summed E-state index contributed by atoms with van der Waals surface area (Å²) in [5.41, 5.74) is 0. The fourth-order valence-corrected chi connectivity index (χ4v) is 1.01. The molecule has 0 saturated carbocycles. The van der Waals surface area contributed by atoms with Gasteiger partial charge in [0.05, 0.1) is 0 Å². The Balaban J connectivity index is 0. The van der Waals surface area contributed by atoms with Gasteiger partial charge in [-0.2, -0.15) is 0 Å². The van der Waals surface area contributed by atoms with Gasteiger partial charge in [-0.1, -0.05) is 27.7 Å². The number of rotatable bonds is 6. The monoisotopic (exact) mass is 214 g/mol. The van der Waals surface area contributed by atoms with Crippen LogP contribution in [0.1, 0.15) is 40.5 Å². The van der Waals surface area contributed by atoms with Gasteiger partial charge in [-0.25, -0.2) is 8.78 Å². The van der Waals surface area contributed by atoms with Crippen LogP contribution in [0.4, 0.5) is 13.5 Å². The normalized spacial score (nSPS) is 15.4. The lowest BCUT2D eigenvalue weighted by molar-refractivity contribution is -0.151. The van der Waals surface area contributed by atoms with Gasteiger partial charge in [-0.05, 0) is 11.8 Å². The quantitative estimate of drug-likeness (QED) is 0.652. The van der Waals surface area contributed by atoms with Crippen molar-refractivity contribution in [3.05, 3.63) is 0 Å². The van der Waals surface area contributed by atoms with E-state index in [9.17, 15) is 8.78 Å². The Bertz CT molecular complexity index is 115. The highest BCUT2D eigenvalue weighted by atomic mass is 19.2. The van der Waals surface area contributed by atoms with Crippen LogP contribution in [-0.4, -0.2) is 12.7 Å². The number of hydrogen-bond donors (Lipinski definition) is 0. The molecule has 2 atom stereocenters. The van der Waals surface area contributed by atoms with E-state index >= 15 is 0 Å². The lowest BCUT2D eigenvalue weighted by atomic mass is 10.1. The molecule has 0 rings (SSSR count). The molecule has 0 aliphatic carbocycles. The molecule has 0 radical (unpaired) electrons. The number of ether oxygens (including phenoxy) is 1. The lowest BCUT2D eigenvalue weighted by Gasteiger charge is -2.16. The van der Waals surface area contributed by atoms with Crippen LogP contribution in [0.25, 0.3) is 0 Å². The Kier molecular flexibility index (Phi) is 9.36.